The van der Waals surface area contributed by atoms with Crippen LogP contribution in [0.15, 0.2) is 28.8 Å². The molecular weight excluding hydrogens is 330 g/mol. The fraction of sp³-hybridized carbons (Fsp3) is 0.450. The smallest absolute Gasteiger partial charge is 0.230 e. The molecule has 6 heteroatoms. The van der Waals surface area contributed by atoms with Crippen LogP contribution in [-0.2, 0) is 4.79 Å². The molecule has 0 bridgehead atoms. The maximum atomic E-state index is 12.9. The molecule has 1 unspecified atom stereocenters. The van der Waals surface area contributed by atoms with E-state index in [9.17, 15) is 9.59 Å². The molecule has 1 amide bonds. The normalized spacial score (nSPS) is 15.8. The van der Waals surface area contributed by atoms with E-state index >= 15 is 0 Å². The van der Waals surface area contributed by atoms with Crippen molar-refractivity contribution in [3.05, 3.63) is 46.8 Å². The molecular formula is C20H25N3O3. The van der Waals surface area contributed by atoms with E-state index < -0.39 is 0 Å². The summed E-state index contributed by atoms with van der Waals surface area (Å²) in [4.78, 5) is 28.4. The quantitative estimate of drug-likeness (QED) is 0.789. The van der Waals surface area contributed by atoms with E-state index in [0.717, 1.165) is 35.6 Å². The van der Waals surface area contributed by atoms with Crippen molar-refractivity contribution in [3.8, 4) is 0 Å². The molecule has 1 fully saturated rings. The van der Waals surface area contributed by atoms with Gasteiger partial charge in [-0.1, -0.05) is 5.16 Å². The predicted octanol–water partition coefficient (Wildman–Crippen LogP) is 2.95. The molecule has 0 spiro atoms. The van der Waals surface area contributed by atoms with Gasteiger partial charge < -0.3 is 14.3 Å². The van der Waals surface area contributed by atoms with Crippen molar-refractivity contribution in [1.82, 2.24) is 10.1 Å². The number of carbonyl (C=O) groups excluding carboxylic acids is 2. The average molecular weight is 355 g/mol. The van der Waals surface area contributed by atoms with E-state index in [4.69, 9.17) is 4.52 Å². The molecule has 1 aromatic heterocycles. The molecule has 3 rings (SSSR count). The Morgan fingerprint density at radius 1 is 1.08 bits per heavy atom. The van der Waals surface area contributed by atoms with Crippen molar-refractivity contribution in [2.45, 2.75) is 33.6 Å². The minimum absolute atomic E-state index is 0.0697. The van der Waals surface area contributed by atoms with Crippen LogP contribution in [0.2, 0.25) is 0 Å². The minimum atomic E-state index is -0.248. The molecule has 2 aromatic rings. The topological polar surface area (TPSA) is 66.7 Å². The first-order valence-electron chi connectivity index (χ1n) is 8.96. The monoisotopic (exact) mass is 355 g/mol. The summed E-state index contributed by atoms with van der Waals surface area (Å²) in [6.07, 6.45) is 0. The van der Waals surface area contributed by atoms with E-state index in [1.807, 2.05) is 49.9 Å². The molecule has 0 saturated carbocycles. The molecule has 1 aromatic carbocycles. The van der Waals surface area contributed by atoms with Crippen LogP contribution < -0.4 is 4.90 Å². The number of ketones is 1. The maximum absolute atomic E-state index is 12.9. The van der Waals surface area contributed by atoms with Gasteiger partial charge in [0.1, 0.15) is 5.76 Å². The summed E-state index contributed by atoms with van der Waals surface area (Å²) in [5.74, 6) is 0.654. The Morgan fingerprint density at radius 2 is 1.69 bits per heavy atom. The lowest BCUT2D eigenvalue weighted by Crippen LogP contribution is -2.49. The zero-order valence-corrected chi connectivity index (χ0v) is 15.8. The summed E-state index contributed by atoms with van der Waals surface area (Å²) < 4.78 is 5.20. The number of nitrogens with zero attached hydrogens (tertiary/aromatic N) is 3. The number of hydrogen-bond donors (Lipinski definition) is 0. The lowest BCUT2D eigenvalue weighted by Gasteiger charge is -2.37. The van der Waals surface area contributed by atoms with Crippen molar-refractivity contribution < 1.29 is 14.1 Å². The van der Waals surface area contributed by atoms with Gasteiger partial charge in [-0.3, -0.25) is 9.59 Å². The summed E-state index contributed by atoms with van der Waals surface area (Å²) in [6, 6.07) is 7.66. The van der Waals surface area contributed by atoms with E-state index in [1.54, 1.807) is 6.92 Å². The van der Waals surface area contributed by atoms with Gasteiger partial charge in [0.2, 0.25) is 5.91 Å². The number of aryl methyl sites for hydroxylation is 2. The van der Waals surface area contributed by atoms with Gasteiger partial charge in [-0.05, 0) is 52.0 Å². The molecule has 1 aliphatic heterocycles. The summed E-state index contributed by atoms with van der Waals surface area (Å²) in [6.45, 7) is 10.1. The van der Waals surface area contributed by atoms with Gasteiger partial charge in [-0.2, -0.15) is 0 Å². The number of rotatable bonds is 4. The molecule has 0 aliphatic carbocycles. The Labute approximate surface area is 153 Å². The second-order valence-electron chi connectivity index (χ2n) is 6.87. The highest BCUT2D eigenvalue weighted by Crippen LogP contribution is 2.26. The van der Waals surface area contributed by atoms with E-state index in [2.05, 4.69) is 10.1 Å². The highest BCUT2D eigenvalue weighted by atomic mass is 16.5. The molecule has 1 atom stereocenters. The zero-order valence-electron chi connectivity index (χ0n) is 15.8. The van der Waals surface area contributed by atoms with Crippen LogP contribution in [0.3, 0.4) is 0 Å². The van der Waals surface area contributed by atoms with Crippen LogP contribution in [0, 0.1) is 13.8 Å². The van der Waals surface area contributed by atoms with Gasteiger partial charge in [0.15, 0.2) is 5.78 Å². The van der Waals surface area contributed by atoms with Crippen LogP contribution in [0.4, 0.5) is 5.69 Å². The Hall–Kier alpha value is -2.63. The molecule has 1 aliphatic rings. The summed E-state index contributed by atoms with van der Waals surface area (Å²) >= 11 is 0. The molecule has 1 saturated heterocycles. The number of anilines is 1. The van der Waals surface area contributed by atoms with Crippen molar-refractivity contribution in [3.63, 3.8) is 0 Å². The fourth-order valence-electron chi connectivity index (χ4n) is 3.60. The third kappa shape index (κ3) is 3.49. The predicted molar refractivity (Wildman–Crippen MR) is 99.6 cm³/mol. The highest BCUT2D eigenvalue weighted by molar-refractivity contribution is 5.94. The SMILES string of the molecule is CC(=O)c1ccc(N2CCN(C(=O)C(C)c3c(C)noc3C)CC2)cc1. The number of carbonyl (C=O) groups is 2. The summed E-state index contributed by atoms with van der Waals surface area (Å²) in [5, 5.41) is 3.96. The van der Waals surface area contributed by atoms with Crippen molar-refractivity contribution >= 4 is 17.4 Å². The van der Waals surface area contributed by atoms with Crippen LogP contribution in [0.5, 0.6) is 0 Å². The molecule has 0 N–H and O–H groups in total. The summed E-state index contributed by atoms with van der Waals surface area (Å²) in [7, 11) is 0. The summed E-state index contributed by atoms with van der Waals surface area (Å²) in [5.41, 5.74) is 3.49. The van der Waals surface area contributed by atoms with Gasteiger partial charge in [0.05, 0.1) is 11.6 Å². The first-order valence-corrected chi connectivity index (χ1v) is 8.96. The molecule has 26 heavy (non-hydrogen) atoms. The number of aromatic nitrogens is 1. The number of Topliss-reactive ketones (excluding diaryl/α,β-unsaturated/α-hetero) is 1. The van der Waals surface area contributed by atoms with Crippen LogP contribution in [-0.4, -0.2) is 47.9 Å². The van der Waals surface area contributed by atoms with E-state index in [-0.39, 0.29) is 17.6 Å². The van der Waals surface area contributed by atoms with Crippen LogP contribution in [0.1, 0.15) is 47.1 Å². The number of piperazine rings is 1. The zero-order chi connectivity index (χ0) is 18.8. The fourth-order valence-corrected chi connectivity index (χ4v) is 3.60. The van der Waals surface area contributed by atoms with Gasteiger partial charge in [0, 0.05) is 43.0 Å². The van der Waals surface area contributed by atoms with Crippen LogP contribution >= 0.6 is 0 Å². The van der Waals surface area contributed by atoms with Crippen LogP contribution in [0.25, 0.3) is 0 Å². The number of amides is 1. The molecule has 2 heterocycles. The second kappa shape index (κ2) is 7.32. The van der Waals surface area contributed by atoms with Gasteiger partial charge in [0.25, 0.3) is 0 Å². The van der Waals surface area contributed by atoms with Crippen molar-refractivity contribution in [1.29, 1.82) is 0 Å². The largest absolute Gasteiger partial charge is 0.368 e. The number of hydrogen-bond acceptors (Lipinski definition) is 5. The first-order chi connectivity index (χ1) is 12.4. The third-order valence-corrected chi connectivity index (χ3v) is 5.12. The highest BCUT2D eigenvalue weighted by Gasteiger charge is 2.29. The molecule has 0 radical (unpaired) electrons. The second-order valence-corrected chi connectivity index (χ2v) is 6.87. The Morgan fingerprint density at radius 3 is 2.19 bits per heavy atom. The Kier molecular flexibility index (Phi) is 5.11. The van der Waals surface area contributed by atoms with E-state index in [1.165, 1.54) is 0 Å². The van der Waals surface area contributed by atoms with Crippen molar-refractivity contribution in [2.24, 2.45) is 0 Å². The maximum Gasteiger partial charge on any atom is 0.230 e. The third-order valence-electron chi connectivity index (χ3n) is 5.12. The Bertz CT molecular complexity index is 783. The lowest BCUT2D eigenvalue weighted by atomic mass is 9.97. The minimum Gasteiger partial charge on any atom is -0.368 e. The van der Waals surface area contributed by atoms with E-state index in [0.29, 0.717) is 18.8 Å². The lowest BCUT2D eigenvalue weighted by molar-refractivity contribution is -0.132. The first kappa shape index (κ1) is 18.2. The average Bonchev–Trinajstić information content (AvgIpc) is 2.99. The van der Waals surface area contributed by atoms with Gasteiger partial charge >= 0.3 is 0 Å². The Balaban J connectivity index is 1.63. The van der Waals surface area contributed by atoms with Gasteiger partial charge in [-0.25, -0.2) is 0 Å². The standard InChI is InChI=1S/C20H25N3O3/c1-13(19-14(2)21-26-16(19)4)20(25)23-11-9-22(10-12-23)18-7-5-17(6-8-18)15(3)24/h5-8,13H,9-12H2,1-4H3. The van der Waals surface area contributed by atoms with Gasteiger partial charge in [-0.15, -0.1) is 0 Å². The van der Waals surface area contributed by atoms with Crippen molar-refractivity contribution in [2.75, 3.05) is 31.1 Å². The molecule has 6 nitrogen and oxygen atoms in total. The molecule has 138 valence electrons. The number of benzene rings is 1.